The maximum absolute atomic E-state index is 12.0. The number of carbonyl (C=O) groups is 1. The molecule has 1 aromatic rings. The van der Waals surface area contributed by atoms with E-state index in [0.717, 1.165) is 5.69 Å². The van der Waals surface area contributed by atoms with Gasteiger partial charge in [-0.15, -0.1) is 12.4 Å². The summed E-state index contributed by atoms with van der Waals surface area (Å²) in [6.07, 6.45) is 0.527. The minimum atomic E-state index is -2.97. The van der Waals surface area contributed by atoms with Crippen molar-refractivity contribution in [2.75, 3.05) is 36.5 Å². The summed E-state index contributed by atoms with van der Waals surface area (Å²) >= 11 is 0. The van der Waals surface area contributed by atoms with Crippen LogP contribution < -0.4 is 5.32 Å². The Hall–Kier alpha value is -1.27. The quantitative estimate of drug-likeness (QED) is 0.908. The molecule has 1 heterocycles. The van der Waals surface area contributed by atoms with Gasteiger partial charge < -0.3 is 10.2 Å². The second-order valence-corrected chi connectivity index (χ2v) is 6.91. The number of nitrogens with one attached hydrogen (secondary N) is 1. The normalized spacial score (nSPS) is 17.7. The fourth-order valence-corrected chi connectivity index (χ4v) is 3.30. The minimum absolute atomic E-state index is 0. The summed E-state index contributed by atoms with van der Waals surface area (Å²) < 4.78 is 22.9. The number of para-hydroxylation sites is 1. The molecule has 112 valence electrons. The highest BCUT2D eigenvalue weighted by Crippen LogP contribution is 2.07. The number of benzene rings is 1. The van der Waals surface area contributed by atoms with Crippen molar-refractivity contribution in [1.29, 1.82) is 0 Å². The zero-order valence-electron chi connectivity index (χ0n) is 11.1. The smallest absolute Gasteiger partial charge is 0.241 e. The van der Waals surface area contributed by atoms with Crippen molar-refractivity contribution >= 4 is 33.8 Å². The third-order valence-corrected chi connectivity index (χ3v) is 4.84. The van der Waals surface area contributed by atoms with Crippen molar-refractivity contribution in [3.05, 3.63) is 30.3 Å². The lowest BCUT2D eigenvalue weighted by Crippen LogP contribution is -2.37. The van der Waals surface area contributed by atoms with Crippen molar-refractivity contribution in [1.82, 2.24) is 4.90 Å². The minimum Gasteiger partial charge on any atom is -0.376 e. The Balaban J connectivity index is 0.00000200. The van der Waals surface area contributed by atoms with Crippen LogP contribution >= 0.6 is 12.4 Å². The van der Waals surface area contributed by atoms with Crippen LogP contribution in [0.2, 0.25) is 0 Å². The number of halogens is 1. The number of rotatable bonds is 3. The van der Waals surface area contributed by atoms with Gasteiger partial charge >= 0.3 is 0 Å². The molecule has 1 fully saturated rings. The Bertz CT molecular complexity index is 534. The molecular weight excluding hydrogens is 300 g/mol. The predicted molar refractivity (Wildman–Crippen MR) is 82.0 cm³/mol. The van der Waals surface area contributed by atoms with Gasteiger partial charge in [0.2, 0.25) is 5.91 Å². The number of anilines is 1. The van der Waals surface area contributed by atoms with Crippen LogP contribution in [0.25, 0.3) is 0 Å². The Labute approximate surface area is 125 Å². The lowest BCUT2D eigenvalue weighted by atomic mass is 10.3. The van der Waals surface area contributed by atoms with Crippen LogP contribution in [0.1, 0.15) is 6.42 Å². The number of hydrogen-bond donors (Lipinski definition) is 1. The maximum atomic E-state index is 12.0. The van der Waals surface area contributed by atoms with Gasteiger partial charge in [0.25, 0.3) is 0 Å². The van der Waals surface area contributed by atoms with Gasteiger partial charge in [-0.25, -0.2) is 8.42 Å². The van der Waals surface area contributed by atoms with Gasteiger partial charge in [0.1, 0.15) is 0 Å². The fraction of sp³-hybridized carbons (Fsp3) is 0.462. The monoisotopic (exact) mass is 318 g/mol. The van der Waals surface area contributed by atoms with Gasteiger partial charge in [0.05, 0.1) is 18.1 Å². The van der Waals surface area contributed by atoms with E-state index in [2.05, 4.69) is 5.32 Å². The molecule has 0 aliphatic carbocycles. The van der Waals surface area contributed by atoms with Gasteiger partial charge in [-0.1, -0.05) is 18.2 Å². The molecular formula is C13H19ClN2O3S. The van der Waals surface area contributed by atoms with E-state index >= 15 is 0 Å². The third kappa shape index (κ3) is 5.02. The van der Waals surface area contributed by atoms with Gasteiger partial charge in [-0.2, -0.15) is 0 Å². The number of nitrogens with zero attached hydrogens (tertiary/aromatic N) is 1. The molecule has 5 nitrogen and oxygen atoms in total. The molecule has 1 aliphatic rings. The molecule has 1 amide bonds. The number of sulfone groups is 1. The highest BCUT2D eigenvalue weighted by Gasteiger charge is 2.22. The average Bonchev–Trinajstić information content (AvgIpc) is 2.58. The van der Waals surface area contributed by atoms with E-state index in [9.17, 15) is 13.2 Å². The SMILES string of the molecule is Cl.O=C(CNc1ccccc1)N1CCCS(=O)(=O)CC1. The van der Waals surface area contributed by atoms with Crippen molar-refractivity contribution in [3.8, 4) is 0 Å². The summed E-state index contributed by atoms with van der Waals surface area (Å²) in [6.45, 7) is 1.02. The number of amides is 1. The number of hydrogen-bond acceptors (Lipinski definition) is 4. The van der Waals surface area contributed by atoms with E-state index in [-0.39, 0.29) is 36.4 Å². The second kappa shape index (κ2) is 7.50. The van der Waals surface area contributed by atoms with Crippen LogP contribution in [0.15, 0.2) is 30.3 Å². The summed E-state index contributed by atoms with van der Waals surface area (Å²) in [7, 11) is -2.97. The topological polar surface area (TPSA) is 66.5 Å². The van der Waals surface area contributed by atoms with Crippen LogP contribution in [0.5, 0.6) is 0 Å². The molecule has 7 heteroatoms. The molecule has 1 aliphatic heterocycles. The van der Waals surface area contributed by atoms with Crippen molar-refractivity contribution in [2.45, 2.75) is 6.42 Å². The average molecular weight is 319 g/mol. The Morgan fingerprint density at radius 3 is 2.55 bits per heavy atom. The lowest BCUT2D eigenvalue weighted by Gasteiger charge is -2.20. The first-order valence-electron chi connectivity index (χ1n) is 6.34. The molecule has 0 bridgehead atoms. The van der Waals surface area contributed by atoms with Gasteiger partial charge in [0.15, 0.2) is 9.84 Å². The zero-order chi connectivity index (χ0) is 13.7. The molecule has 1 aromatic carbocycles. The van der Waals surface area contributed by atoms with Gasteiger partial charge in [-0.05, 0) is 18.6 Å². The molecule has 0 radical (unpaired) electrons. The summed E-state index contributed by atoms with van der Waals surface area (Å²) in [5.74, 6) is 0.202. The summed E-state index contributed by atoms with van der Waals surface area (Å²) in [5, 5.41) is 3.04. The van der Waals surface area contributed by atoms with E-state index in [0.29, 0.717) is 19.5 Å². The predicted octanol–water partition coefficient (Wildman–Crippen LogP) is 1.17. The third-order valence-electron chi connectivity index (χ3n) is 3.13. The first-order valence-corrected chi connectivity index (χ1v) is 8.16. The van der Waals surface area contributed by atoms with E-state index in [1.54, 1.807) is 4.90 Å². The highest BCUT2D eigenvalue weighted by atomic mass is 35.5. The Kier molecular flexibility index (Phi) is 6.29. The molecule has 20 heavy (non-hydrogen) atoms. The fourth-order valence-electron chi connectivity index (χ4n) is 2.03. The summed E-state index contributed by atoms with van der Waals surface area (Å²) in [4.78, 5) is 13.6. The number of carbonyl (C=O) groups excluding carboxylic acids is 1. The van der Waals surface area contributed by atoms with Gasteiger partial charge in [0, 0.05) is 18.8 Å². The molecule has 0 unspecified atom stereocenters. The van der Waals surface area contributed by atoms with E-state index in [1.165, 1.54) is 0 Å². The van der Waals surface area contributed by atoms with Crippen LogP contribution in [0, 0.1) is 0 Å². The van der Waals surface area contributed by atoms with Crippen LogP contribution in [-0.4, -0.2) is 50.4 Å². The van der Waals surface area contributed by atoms with Crippen LogP contribution in [0.3, 0.4) is 0 Å². The molecule has 0 saturated carbocycles. The van der Waals surface area contributed by atoms with E-state index in [4.69, 9.17) is 0 Å². The van der Waals surface area contributed by atoms with Gasteiger partial charge in [-0.3, -0.25) is 4.79 Å². The van der Waals surface area contributed by atoms with E-state index < -0.39 is 9.84 Å². The van der Waals surface area contributed by atoms with Crippen LogP contribution in [-0.2, 0) is 14.6 Å². The first kappa shape index (κ1) is 16.8. The second-order valence-electron chi connectivity index (χ2n) is 4.61. The summed E-state index contributed by atoms with van der Waals surface area (Å²) in [5.41, 5.74) is 0.887. The molecule has 1 saturated heterocycles. The first-order chi connectivity index (χ1) is 9.07. The molecule has 0 aromatic heterocycles. The molecule has 0 spiro atoms. The lowest BCUT2D eigenvalue weighted by molar-refractivity contribution is -0.129. The largest absolute Gasteiger partial charge is 0.376 e. The van der Waals surface area contributed by atoms with Crippen LogP contribution in [0.4, 0.5) is 5.69 Å². The highest BCUT2D eigenvalue weighted by molar-refractivity contribution is 7.91. The molecule has 0 atom stereocenters. The van der Waals surface area contributed by atoms with E-state index in [1.807, 2.05) is 30.3 Å². The maximum Gasteiger partial charge on any atom is 0.241 e. The van der Waals surface area contributed by atoms with Crippen molar-refractivity contribution < 1.29 is 13.2 Å². The Morgan fingerprint density at radius 1 is 1.15 bits per heavy atom. The van der Waals surface area contributed by atoms with Crippen molar-refractivity contribution in [3.63, 3.8) is 0 Å². The zero-order valence-corrected chi connectivity index (χ0v) is 12.8. The Morgan fingerprint density at radius 2 is 1.85 bits per heavy atom. The molecule has 2 rings (SSSR count). The van der Waals surface area contributed by atoms with Crippen molar-refractivity contribution in [2.24, 2.45) is 0 Å². The summed E-state index contributed by atoms with van der Waals surface area (Å²) in [6, 6.07) is 9.48. The standard InChI is InChI=1S/C13H18N2O3S.ClH/c16-13(11-14-12-5-2-1-3-6-12)15-7-4-9-19(17,18)10-8-15;/h1-3,5-6,14H,4,7-11H2;1H. The molecule has 1 N–H and O–H groups in total.